The van der Waals surface area contributed by atoms with Gasteiger partial charge in [-0.3, -0.25) is 4.79 Å². The van der Waals surface area contributed by atoms with E-state index in [9.17, 15) is 9.59 Å². The maximum atomic E-state index is 12.3. The number of nitrogens with zero attached hydrogens (tertiary/aromatic N) is 1. The fourth-order valence-electron chi connectivity index (χ4n) is 2.91. The van der Waals surface area contributed by atoms with Crippen LogP contribution in [0.3, 0.4) is 0 Å². The number of carbonyl (C=O) groups is 2. The Morgan fingerprint density at radius 1 is 1.33 bits per heavy atom. The second-order valence-corrected chi connectivity index (χ2v) is 7.03. The fraction of sp³-hybridized carbons (Fsp3) is 0.375. The molecule has 0 saturated carbocycles. The quantitative estimate of drug-likeness (QED) is 0.798. The van der Waals surface area contributed by atoms with Crippen LogP contribution in [0, 0.1) is 5.41 Å². The zero-order valence-corrected chi connectivity index (χ0v) is 13.1. The molecule has 0 unspecified atom stereocenters. The molecular formula is C16H17NO3S. The van der Waals surface area contributed by atoms with Crippen molar-refractivity contribution in [1.82, 2.24) is 4.57 Å². The smallest absolute Gasteiger partial charge is 0.350 e. The summed E-state index contributed by atoms with van der Waals surface area (Å²) in [6.07, 6.45) is 3.26. The van der Waals surface area contributed by atoms with E-state index in [1.54, 1.807) is 0 Å². The number of aromatic nitrogens is 1. The lowest BCUT2D eigenvalue weighted by Gasteiger charge is -2.29. The van der Waals surface area contributed by atoms with Crippen LogP contribution in [0.15, 0.2) is 23.7 Å². The Morgan fingerprint density at radius 2 is 2.10 bits per heavy atom. The van der Waals surface area contributed by atoms with Crippen LogP contribution in [0.25, 0.3) is 5.69 Å². The number of rotatable bonds is 2. The first-order valence-electron chi connectivity index (χ1n) is 6.82. The van der Waals surface area contributed by atoms with E-state index in [1.165, 1.54) is 18.4 Å². The minimum absolute atomic E-state index is 0.0539. The summed E-state index contributed by atoms with van der Waals surface area (Å²) in [6.45, 7) is 4.19. The molecule has 2 heterocycles. The van der Waals surface area contributed by atoms with Crippen molar-refractivity contribution in [2.45, 2.75) is 26.7 Å². The molecule has 4 nitrogen and oxygen atoms in total. The molecule has 2 aromatic rings. The molecule has 2 aromatic heterocycles. The zero-order valence-electron chi connectivity index (χ0n) is 12.3. The predicted molar refractivity (Wildman–Crippen MR) is 81.4 cm³/mol. The molecule has 0 atom stereocenters. The van der Waals surface area contributed by atoms with Gasteiger partial charge in [0, 0.05) is 23.9 Å². The summed E-state index contributed by atoms with van der Waals surface area (Å²) in [5.41, 5.74) is 2.50. The molecule has 3 rings (SSSR count). The third kappa shape index (κ3) is 2.31. The van der Waals surface area contributed by atoms with E-state index in [4.69, 9.17) is 4.74 Å². The maximum Gasteiger partial charge on any atom is 0.350 e. The zero-order chi connectivity index (χ0) is 15.2. The van der Waals surface area contributed by atoms with Gasteiger partial charge in [-0.2, -0.15) is 0 Å². The minimum atomic E-state index is -0.344. The molecule has 110 valence electrons. The number of thiophene rings is 1. The monoisotopic (exact) mass is 303 g/mol. The Morgan fingerprint density at radius 3 is 2.81 bits per heavy atom. The van der Waals surface area contributed by atoms with Gasteiger partial charge in [0.1, 0.15) is 4.88 Å². The van der Waals surface area contributed by atoms with E-state index < -0.39 is 0 Å². The van der Waals surface area contributed by atoms with Gasteiger partial charge in [0.15, 0.2) is 5.78 Å². The molecule has 0 aromatic carbocycles. The highest BCUT2D eigenvalue weighted by Crippen LogP contribution is 2.37. The van der Waals surface area contributed by atoms with Gasteiger partial charge < -0.3 is 9.30 Å². The summed E-state index contributed by atoms with van der Waals surface area (Å²) < 4.78 is 6.79. The molecule has 0 fully saturated rings. The normalized spacial score (nSPS) is 16.6. The molecule has 0 N–H and O–H groups in total. The minimum Gasteiger partial charge on any atom is -0.465 e. The number of carbonyl (C=O) groups excluding carboxylic acids is 2. The van der Waals surface area contributed by atoms with Gasteiger partial charge >= 0.3 is 5.97 Å². The summed E-state index contributed by atoms with van der Waals surface area (Å²) in [5.74, 6) is -0.168. The number of methoxy groups -OCH3 is 1. The van der Waals surface area contributed by atoms with E-state index in [2.05, 4.69) is 13.8 Å². The van der Waals surface area contributed by atoms with E-state index in [1.807, 2.05) is 28.3 Å². The summed E-state index contributed by atoms with van der Waals surface area (Å²) in [6, 6.07) is 3.74. The predicted octanol–water partition coefficient (Wildman–Crippen LogP) is 3.48. The molecule has 0 radical (unpaired) electrons. The number of esters is 1. The molecule has 0 spiro atoms. The van der Waals surface area contributed by atoms with Crippen LogP contribution in [0.2, 0.25) is 0 Å². The number of Topliss-reactive ketones (excluding diaryl/α,β-unsaturated/α-hetero) is 1. The van der Waals surface area contributed by atoms with Gasteiger partial charge in [-0.25, -0.2) is 4.79 Å². The van der Waals surface area contributed by atoms with Crippen LogP contribution in [0.5, 0.6) is 0 Å². The Balaban J connectivity index is 2.13. The first-order valence-corrected chi connectivity index (χ1v) is 7.70. The molecular weight excluding hydrogens is 286 g/mol. The molecule has 1 aliphatic rings. The number of hydrogen-bond acceptors (Lipinski definition) is 4. The van der Waals surface area contributed by atoms with Gasteiger partial charge in [-0.05, 0) is 29.3 Å². The van der Waals surface area contributed by atoms with E-state index in [-0.39, 0.29) is 17.2 Å². The van der Waals surface area contributed by atoms with Crippen LogP contribution < -0.4 is 0 Å². The van der Waals surface area contributed by atoms with Crippen molar-refractivity contribution >= 4 is 23.1 Å². The lowest BCUT2D eigenvalue weighted by molar-refractivity contribution is 0.0606. The van der Waals surface area contributed by atoms with Gasteiger partial charge in [0.2, 0.25) is 0 Å². The summed E-state index contributed by atoms with van der Waals surface area (Å²) in [5, 5.41) is 1.86. The second-order valence-electron chi connectivity index (χ2n) is 6.11. The highest BCUT2D eigenvalue weighted by atomic mass is 32.1. The molecule has 0 amide bonds. The third-order valence-corrected chi connectivity index (χ3v) is 4.74. The average Bonchev–Trinajstić information content (AvgIpc) is 3.02. The van der Waals surface area contributed by atoms with Crippen molar-refractivity contribution in [2.75, 3.05) is 7.11 Å². The van der Waals surface area contributed by atoms with Crippen LogP contribution in [-0.2, 0) is 11.2 Å². The average molecular weight is 303 g/mol. The standard InChI is InChI=1S/C16H17NO3S/c1-16(2)8-12-10(13(18)9-16)4-6-17(12)11-5-7-21-14(11)15(19)20-3/h4-7H,8-9H2,1-3H3. The number of hydrogen-bond donors (Lipinski definition) is 0. The van der Waals surface area contributed by atoms with Crippen LogP contribution in [0.1, 0.15) is 46.0 Å². The number of ketones is 1. The third-order valence-electron chi connectivity index (χ3n) is 3.85. The largest absolute Gasteiger partial charge is 0.465 e. The summed E-state index contributed by atoms with van der Waals surface area (Å²) >= 11 is 1.35. The Hall–Kier alpha value is -1.88. The number of fused-ring (bicyclic) bond motifs is 1. The second kappa shape index (κ2) is 4.84. The van der Waals surface area contributed by atoms with E-state index in [0.29, 0.717) is 11.3 Å². The molecule has 21 heavy (non-hydrogen) atoms. The van der Waals surface area contributed by atoms with Gasteiger partial charge in [0.25, 0.3) is 0 Å². The highest BCUT2D eigenvalue weighted by molar-refractivity contribution is 7.12. The summed E-state index contributed by atoms with van der Waals surface area (Å²) in [4.78, 5) is 24.7. The van der Waals surface area contributed by atoms with Crippen LogP contribution in [0.4, 0.5) is 0 Å². The van der Waals surface area contributed by atoms with Gasteiger partial charge in [-0.1, -0.05) is 13.8 Å². The van der Waals surface area contributed by atoms with Crippen LogP contribution >= 0.6 is 11.3 Å². The fourth-order valence-corrected chi connectivity index (χ4v) is 3.71. The Bertz CT molecular complexity index is 724. The Kier molecular flexibility index (Phi) is 3.24. The molecule has 5 heteroatoms. The Labute approximate surface area is 127 Å². The van der Waals surface area contributed by atoms with Gasteiger partial charge in [-0.15, -0.1) is 11.3 Å². The van der Waals surface area contributed by atoms with Crippen molar-refractivity contribution in [3.05, 3.63) is 39.8 Å². The van der Waals surface area contributed by atoms with Crippen molar-refractivity contribution < 1.29 is 14.3 Å². The van der Waals surface area contributed by atoms with Crippen molar-refractivity contribution in [3.8, 4) is 5.69 Å². The first-order chi connectivity index (χ1) is 9.93. The highest BCUT2D eigenvalue weighted by Gasteiger charge is 2.33. The van der Waals surface area contributed by atoms with Gasteiger partial charge in [0.05, 0.1) is 12.8 Å². The molecule has 0 aliphatic heterocycles. The van der Waals surface area contributed by atoms with E-state index >= 15 is 0 Å². The molecule has 0 saturated heterocycles. The van der Waals surface area contributed by atoms with Crippen molar-refractivity contribution in [1.29, 1.82) is 0 Å². The molecule has 1 aliphatic carbocycles. The summed E-state index contributed by atoms with van der Waals surface area (Å²) in [7, 11) is 1.38. The van der Waals surface area contributed by atoms with Crippen molar-refractivity contribution in [2.24, 2.45) is 5.41 Å². The van der Waals surface area contributed by atoms with E-state index in [0.717, 1.165) is 23.4 Å². The van der Waals surface area contributed by atoms with Crippen molar-refractivity contribution in [3.63, 3.8) is 0 Å². The topological polar surface area (TPSA) is 48.3 Å². The first kappa shape index (κ1) is 14.1. The number of ether oxygens (including phenoxy) is 1. The lowest BCUT2D eigenvalue weighted by atomic mass is 9.76. The lowest BCUT2D eigenvalue weighted by Crippen LogP contribution is -2.27. The maximum absolute atomic E-state index is 12.3. The molecule has 0 bridgehead atoms. The SMILES string of the molecule is COC(=O)c1sccc1-n1ccc2c1CC(C)(C)CC2=O. The van der Waals surface area contributed by atoms with Crippen LogP contribution in [-0.4, -0.2) is 23.4 Å².